The number of carbonyl (C=O) groups is 2. The average molecular weight is 273 g/mol. The Labute approximate surface area is 111 Å². The fraction of sp³-hybridized carbons (Fsp3) is 0.833. The molecule has 2 fully saturated rings. The zero-order valence-electron chi connectivity index (χ0n) is 10.5. The minimum absolute atomic E-state index is 0.00236. The molecule has 2 atom stereocenters. The Kier molecular flexibility index (Phi) is 4.50. The van der Waals surface area contributed by atoms with Crippen molar-refractivity contribution in [3.63, 3.8) is 0 Å². The first-order valence-electron chi connectivity index (χ1n) is 6.39. The van der Waals surface area contributed by atoms with Crippen LogP contribution in [0.3, 0.4) is 0 Å². The molecule has 0 aromatic rings. The van der Waals surface area contributed by atoms with Gasteiger partial charge >= 0.3 is 5.97 Å². The topological polar surface area (TPSA) is 66.8 Å². The summed E-state index contributed by atoms with van der Waals surface area (Å²) in [5, 5.41) is 9.23. The summed E-state index contributed by atoms with van der Waals surface area (Å²) in [7, 11) is 0. The Hall–Kier alpha value is -0.750. The van der Waals surface area contributed by atoms with Crippen molar-refractivity contribution < 1.29 is 19.4 Å². The van der Waals surface area contributed by atoms with Crippen LogP contribution in [0.2, 0.25) is 0 Å². The highest BCUT2D eigenvalue weighted by molar-refractivity contribution is 8.00. The summed E-state index contributed by atoms with van der Waals surface area (Å²) in [5.41, 5.74) is 0. The molecule has 0 aromatic carbocycles. The van der Waals surface area contributed by atoms with Crippen molar-refractivity contribution in [3.8, 4) is 0 Å². The number of hydrogen-bond donors (Lipinski definition) is 1. The second-order valence-corrected chi connectivity index (χ2v) is 5.89. The zero-order valence-corrected chi connectivity index (χ0v) is 11.3. The highest BCUT2D eigenvalue weighted by Gasteiger charge is 2.42. The van der Waals surface area contributed by atoms with Crippen LogP contribution in [0.5, 0.6) is 0 Å². The highest BCUT2D eigenvalue weighted by atomic mass is 32.2. The van der Waals surface area contributed by atoms with Gasteiger partial charge in [0.25, 0.3) is 0 Å². The fourth-order valence-corrected chi connectivity index (χ4v) is 3.87. The first-order valence-corrected chi connectivity index (χ1v) is 7.44. The Morgan fingerprint density at radius 3 is 2.61 bits per heavy atom. The van der Waals surface area contributed by atoms with Gasteiger partial charge < -0.3 is 14.7 Å². The van der Waals surface area contributed by atoms with E-state index in [0.717, 1.165) is 6.42 Å². The maximum Gasteiger partial charge on any atom is 0.327 e. The van der Waals surface area contributed by atoms with Crippen LogP contribution in [-0.4, -0.2) is 52.3 Å². The van der Waals surface area contributed by atoms with Crippen LogP contribution in [0.1, 0.15) is 26.2 Å². The van der Waals surface area contributed by atoms with E-state index in [2.05, 4.69) is 0 Å². The number of hydrogen-bond acceptors (Lipinski definition) is 4. The molecule has 2 aliphatic rings. The lowest BCUT2D eigenvalue weighted by Crippen LogP contribution is -2.48. The smallest absolute Gasteiger partial charge is 0.327 e. The lowest BCUT2D eigenvalue weighted by molar-refractivity contribution is -0.152. The van der Waals surface area contributed by atoms with Gasteiger partial charge in [0.2, 0.25) is 5.91 Å². The first kappa shape index (κ1) is 13.7. The van der Waals surface area contributed by atoms with Crippen LogP contribution in [0.4, 0.5) is 0 Å². The summed E-state index contributed by atoms with van der Waals surface area (Å²) >= 11 is 1.57. The monoisotopic (exact) mass is 273 g/mol. The predicted molar refractivity (Wildman–Crippen MR) is 68.3 cm³/mol. The average Bonchev–Trinajstić information content (AvgIpc) is 2.82. The van der Waals surface area contributed by atoms with Crippen LogP contribution in [0, 0.1) is 5.92 Å². The second kappa shape index (κ2) is 5.93. The first-order chi connectivity index (χ1) is 8.65. The lowest BCUT2D eigenvalue weighted by atomic mass is 9.98. The molecule has 1 amide bonds. The molecule has 0 aromatic heterocycles. The highest BCUT2D eigenvalue weighted by Crippen LogP contribution is 2.34. The van der Waals surface area contributed by atoms with E-state index in [9.17, 15) is 14.7 Å². The number of nitrogens with zero attached hydrogens (tertiary/aromatic N) is 1. The van der Waals surface area contributed by atoms with E-state index in [0.29, 0.717) is 31.8 Å². The van der Waals surface area contributed by atoms with Crippen molar-refractivity contribution in [2.24, 2.45) is 5.92 Å². The summed E-state index contributed by atoms with van der Waals surface area (Å²) < 4.78 is 5.25. The molecule has 6 heteroatoms. The van der Waals surface area contributed by atoms with Gasteiger partial charge in [0, 0.05) is 24.9 Å². The van der Waals surface area contributed by atoms with Crippen molar-refractivity contribution in [1.82, 2.24) is 4.90 Å². The minimum Gasteiger partial charge on any atom is -0.480 e. The van der Waals surface area contributed by atoms with E-state index in [4.69, 9.17) is 4.74 Å². The van der Waals surface area contributed by atoms with Crippen LogP contribution >= 0.6 is 11.8 Å². The van der Waals surface area contributed by atoms with Crippen molar-refractivity contribution in [1.29, 1.82) is 0 Å². The summed E-state index contributed by atoms with van der Waals surface area (Å²) in [4.78, 5) is 25.3. The number of carboxylic acid groups (broad SMARTS) is 1. The molecule has 18 heavy (non-hydrogen) atoms. The Morgan fingerprint density at radius 1 is 1.39 bits per heavy atom. The number of rotatable bonds is 3. The predicted octanol–water partition coefficient (Wildman–Crippen LogP) is 1.18. The van der Waals surface area contributed by atoms with Gasteiger partial charge in [-0.3, -0.25) is 4.79 Å². The van der Waals surface area contributed by atoms with Gasteiger partial charge in [0.05, 0.1) is 5.37 Å². The van der Waals surface area contributed by atoms with E-state index in [1.807, 2.05) is 6.92 Å². The van der Waals surface area contributed by atoms with E-state index < -0.39 is 12.0 Å². The Morgan fingerprint density at radius 2 is 2.06 bits per heavy atom. The molecule has 2 aliphatic heterocycles. The molecule has 0 spiro atoms. The fourth-order valence-electron chi connectivity index (χ4n) is 2.52. The summed E-state index contributed by atoms with van der Waals surface area (Å²) in [5.74, 6) is -0.447. The normalized spacial score (nSPS) is 29.5. The van der Waals surface area contributed by atoms with Gasteiger partial charge in [-0.25, -0.2) is 4.79 Å². The molecule has 2 rings (SSSR count). The number of aliphatic carboxylic acids is 1. The molecule has 2 saturated heterocycles. The van der Waals surface area contributed by atoms with E-state index in [1.165, 1.54) is 0 Å². The number of carbonyl (C=O) groups excluding carboxylic acids is 1. The molecule has 2 unspecified atom stereocenters. The van der Waals surface area contributed by atoms with Crippen molar-refractivity contribution >= 4 is 23.6 Å². The molecule has 102 valence electrons. The molecular formula is C12H19NO4S. The third kappa shape index (κ3) is 2.64. The van der Waals surface area contributed by atoms with Crippen molar-refractivity contribution in [2.45, 2.75) is 37.6 Å². The van der Waals surface area contributed by atoms with Crippen LogP contribution < -0.4 is 0 Å². The van der Waals surface area contributed by atoms with Gasteiger partial charge in [-0.15, -0.1) is 11.8 Å². The van der Waals surface area contributed by atoms with Crippen LogP contribution in [0.15, 0.2) is 0 Å². The second-order valence-electron chi connectivity index (χ2n) is 4.68. The van der Waals surface area contributed by atoms with Crippen molar-refractivity contribution in [3.05, 3.63) is 0 Å². The third-order valence-electron chi connectivity index (χ3n) is 3.55. The summed E-state index contributed by atoms with van der Waals surface area (Å²) in [6.45, 7) is 3.20. The summed E-state index contributed by atoms with van der Waals surface area (Å²) in [6, 6.07) is -0.657. The Bertz CT molecular complexity index is 330. The number of ether oxygens (including phenoxy) is 1. The van der Waals surface area contributed by atoms with E-state index in [1.54, 1.807) is 16.7 Å². The maximum absolute atomic E-state index is 12.5. The van der Waals surface area contributed by atoms with Gasteiger partial charge in [0.1, 0.15) is 6.04 Å². The lowest BCUT2D eigenvalue weighted by Gasteiger charge is -2.32. The number of carboxylic acids is 1. The van der Waals surface area contributed by atoms with Gasteiger partial charge in [-0.1, -0.05) is 6.92 Å². The SMILES string of the molecule is CCC1SCC(C(=O)O)N1C(=O)C1CCOCC1. The standard InChI is InChI=1S/C12H19NO4S/c1-2-10-13(9(7-18-10)12(15)16)11(14)8-3-5-17-6-4-8/h8-10H,2-7H2,1H3,(H,15,16). The molecule has 0 radical (unpaired) electrons. The van der Waals surface area contributed by atoms with Crippen molar-refractivity contribution in [2.75, 3.05) is 19.0 Å². The van der Waals surface area contributed by atoms with E-state index in [-0.39, 0.29) is 17.2 Å². The van der Waals surface area contributed by atoms with Crippen LogP contribution in [0.25, 0.3) is 0 Å². The molecule has 0 aliphatic carbocycles. The quantitative estimate of drug-likeness (QED) is 0.836. The largest absolute Gasteiger partial charge is 0.480 e. The molecule has 0 saturated carbocycles. The van der Waals surface area contributed by atoms with E-state index >= 15 is 0 Å². The summed E-state index contributed by atoms with van der Waals surface area (Å²) in [6.07, 6.45) is 2.22. The van der Waals surface area contributed by atoms with Gasteiger partial charge in [-0.05, 0) is 19.3 Å². The molecule has 0 bridgehead atoms. The van der Waals surface area contributed by atoms with Gasteiger partial charge in [-0.2, -0.15) is 0 Å². The molecule has 5 nitrogen and oxygen atoms in total. The number of thioether (sulfide) groups is 1. The van der Waals surface area contributed by atoms with Gasteiger partial charge in [0.15, 0.2) is 0 Å². The minimum atomic E-state index is -0.890. The zero-order chi connectivity index (χ0) is 13.1. The number of amides is 1. The molecule has 1 N–H and O–H groups in total. The molecular weight excluding hydrogens is 254 g/mol. The Balaban J connectivity index is 2.10. The molecule has 2 heterocycles. The maximum atomic E-state index is 12.5. The van der Waals surface area contributed by atoms with Crippen LogP contribution in [-0.2, 0) is 14.3 Å². The third-order valence-corrected chi connectivity index (χ3v) is 5.01.